The quantitative estimate of drug-likeness (QED) is 0.400. The Morgan fingerprint density at radius 3 is 2.52 bits per heavy atom. The summed E-state index contributed by atoms with van der Waals surface area (Å²) in [5.74, 6) is 0.899. The number of ether oxygens (including phenoxy) is 2. The number of hydrogen-bond donors (Lipinski definition) is 0. The summed E-state index contributed by atoms with van der Waals surface area (Å²) in [6.07, 6.45) is 1.42. The van der Waals surface area contributed by atoms with Crippen molar-refractivity contribution in [1.29, 1.82) is 5.26 Å². The lowest BCUT2D eigenvalue weighted by Crippen LogP contribution is -2.21. The molecule has 29 heavy (non-hydrogen) atoms. The minimum absolute atomic E-state index is 0.0747. The van der Waals surface area contributed by atoms with Crippen LogP contribution in [0.1, 0.15) is 19.4 Å². The number of hydrogen-bond acceptors (Lipinski definition) is 4. The fourth-order valence-electron chi connectivity index (χ4n) is 3.48. The zero-order chi connectivity index (χ0) is 21.0. The number of esters is 1. The normalized spacial score (nSPS) is 20.1. The van der Waals surface area contributed by atoms with Crippen LogP contribution < -0.4 is 4.74 Å². The van der Waals surface area contributed by atoms with Crippen molar-refractivity contribution in [1.82, 2.24) is 0 Å². The number of benzene rings is 2. The molecule has 0 amide bonds. The molecule has 3 atom stereocenters. The molecule has 150 valence electrons. The molecule has 0 radical (unpaired) electrons. The van der Waals surface area contributed by atoms with Gasteiger partial charge in [0.25, 0.3) is 0 Å². The van der Waals surface area contributed by atoms with Gasteiger partial charge in [0.1, 0.15) is 17.6 Å². The predicted octanol–water partition coefficient (Wildman–Crippen LogP) is 6.36. The van der Waals surface area contributed by atoms with Gasteiger partial charge < -0.3 is 9.47 Å². The molecule has 1 aliphatic carbocycles. The molecule has 0 heterocycles. The van der Waals surface area contributed by atoms with Gasteiger partial charge in [0.2, 0.25) is 0 Å². The second-order valence-corrected chi connectivity index (χ2v) is 10.4. The van der Waals surface area contributed by atoms with E-state index in [1.54, 1.807) is 0 Å². The van der Waals surface area contributed by atoms with Crippen molar-refractivity contribution in [3.8, 4) is 17.6 Å². The first kappa shape index (κ1) is 21.6. The molecule has 0 aliphatic heterocycles. The fraction of sp³-hybridized carbons (Fsp3) is 0.304. The highest BCUT2D eigenvalue weighted by atomic mass is 79.9. The third-order valence-corrected chi connectivity index (χ3v) is 5.70. The van der Waals surface area contributed by atoms with E-state index in [0.717, 1.165) is 14.7 Å². The monoisotopic (exact) mass is 517 g/mol. The van der Waals surface area contributed by atoms with E-state index in [1.807, 2.05) is 74.5 Å². The molecule has 3 rings (SSSR count). The fourth-order valence-corrected chi connectivity index (χ4v) is 4.05. The Morgan fingerprint density at radius 2 is 1.86 bits per heavy atom. The second kappa shape index (κ2) is 9.15. The van der Waals surface area contributed by atoms with Gasteiger partial charge in [0.05, 0.1) is 9.31 Å². The Bertz CT molecular complexity index is 946. The molecular weight excluding hydrogens is 498 g/mol. The van der Waals surface area contributed by atoms with Crippen molar-refractivity contribution in [3.05, 3.63) is 69.6 Å². The van der Waals surface area contributed by atoms with Gasteiger partial charge in [-0.3, -0.25) is 4.79 Å². The number of rotatable bonds is 7. The number of allylic oxidation sites excluding steroid dienone is 1. The zero-order valence-electron chi connectivity index (χ0n) is 16.1. The Balaban J connectivity index is 1.63. The summed E-state index contributed by atoms with van der Waals surface area (Å²) in [5, 5.41) is 9.50. The number of carbonyl (C=O) groups excluding carboxylic acids is 1. The molecule has 2 aromatic rings. The molecule has 0 spiro atoms. The van der Waals surface area contributed by atoms with Crippen LogP contribution in [0.3, 0.4) is 0 Å². The SMILES string of the molecule is CC1(C)C(C=C(Br)Br)C1C(=O)OC(C#N)Cc1cccc(Oc2ccccc2)c1. The number of para-hydroxylation sites is 1. The third kappa shape index (κ3) is 5.49. The lowest BCUT2D eigenvalue weighted by molar-refractivity contribution is -0.149. The third-order valence-electron chi connectivity index (χ3n) is 5.17. The minimum atomic E-state index is -0.845. The lowest BCUT2D eigenvalue weighted by atomic mass is 10.1. The summed E-state index contributed by atoms with van der Waals surface area (Å²) in [6.45, 7) is 4.05. The summed E-state index contributed by atoms with van der Waals surface area (Å²) in [6, 6.07) is 19.0. The summed E-state index contributed by atoms with van der Waals surface area (Å²) < 4.78 is 12.2. The largest absolute Gasteiger partial charge is 0.457 e. The van der Waals surface area contributed by atoms with Crippen LogP contribution >= 0.6 is 31.9 Å². The van der Waals surface area contributed by atoms with Gasteiger partial charge in [-0.15, -0.1) is 0 Å². The summed E-state index contributed by atoms with van der Waals surface area (Å²) >= 11 is 6.69. The zero-order valence-corrected chi connectivity index (χ0v) is 19.3. The molecular formula is C23H21Br2NO3. The molecule has 3 unspecified atom stereocenters. The van der Waals surface area contributed by atoms with Gasteiger partial charge in [0, 0.05) is 6.42 Å². The molecule has 0 aromatic heterocycles. The van der Waals surface area contributed by atoms with E-state index >= 15 is 0 Å². The van der Waals surface area contributed by atoms with Crippen LogP contribution in [0.25, 0.3) is 0 Å². The van der Waals surface area contributed by atoms with E-state index in [4.69, 9.17) is 9.47 Å². The highest BCUT2D eigenvalue weighted by molar-refractivity contribution is 9.28. The molecule has 0 saturated heterocycles. The van der Waals surface area contributed by atoms with Crippen LogP contribution in [0.2, 0.25) is 0 Å². The summed E-state index contributed by atoms with van der Waals surface area (Å²) in [5.41, 5.74) is 0.681. The van der Waals surface area contributed by atoms with Crippen LogP contribution in [0.5, 0.6) is 11.5 Å². The van der Waals surface area contributed by atoms with E-state index in [1.165, 1.54) is 0 Å². The maximum absolute atomic E-state index is 12.6. The Labute approximate surface area is 187 Å². The van der Waals surface area contributed by atoms with Crippen LogP contribution in [0.15, 0.2) is 64.1 Å². The average molecular weight is 519 g/mol. The van der Waals surface area contributed by atoms with Crippen molar-refractivity contribution in [2.45, 2.75) is 26.4 Å². The molecule has 4 nitrogen and oxygen atoms in total. The van der Waals surface area contributed by atoms with Gasteiger partial charge in [-0.05, 0) is 73.0 Å². The number of nitrogens with zero attached hydrogens (tertiary/aromatic N) is 1. The predicted molar refractivity (Wildman–Crippen MR) is 119 cm³/mol. The highest BCUT2D eigenvalue weighted by Gasteiger charge is 2.61. The van der Waals surface area contributed by atoms with Crippen molar-refractivity contribution >= 4 is 37.8 Å². The smallest absolute Gasteiger partial charge is 0.311 e. The van der Waals surface area contributed by atoms with Gasteiger partial charge in [-0.25, -0.2) is 0 Å². The van der Waals surface area contributed by atoms with Gasteiger partial charge in [-0.1, -0.05) is 50.3 Å². The lowest BCUT2D eigenvalue weighted by Gasteiger charge is -2.13. The maximum Gasteiger partial charge on any atom is 0.311 e. The standard InChI is InChI=1S/C23H21Br2NO3/c1-23(2)19(13-20(24)25)21(23)22(27)29-18(14-26)12-15-7-6-10-17(11-15)28-16-8-4-3-5-9-16/h3-11,13,18-19,21H,12H2,1-2H3. The van der Waals surface area contributed by atoms with E-state index in [9.17, 15) is 10.1 Å². The van der Waals surface area contributed by atoms with Crippen LogP contribution in [0, 0.1) is 28.6 Å². The molecule has 1 saturated carbocycles. The Kier molecular flexibility index (Phi) is 6.81. The van der Waals surface area contributed by atoms with E-state index < -0.39 is 6.10 Å². The van der Waals surface area contributed by atoms with Crippen molar-refractivity contribution < 1.29 is 14.3 Å². The topological polar surface area (TPSA) is 59.3 Å². The Hall–Kier alpha value is -2.10. The van der Waals surface area contributed by atoms with Crippen LogP contribution in [0.4, 0.5) is 0 Å². The average Bonchev–Trinajstić information content (AvgIpc) is 3.21. The summed E-state index contributed by atoms with van der Waals surface area (Å²) in [7, 11) is 0. The molecule has 6 heteroatoms. The molecule has 2 aromatic carbocycles. The first-order valence-corrected chi connectivity index (χ1v) is 10.8. The van der Waals surface area contributed by atoms with Gasteiger partial charge in [0.15, 0.2) is 6.10 Å². The number of nitriles is 1. The molecule has 1 aliphatic rings. The first-order valence-electron chi connectivity index (χ1n) is 9.26. The number of halogens is 2. The van der Waals surface area contributed by atoms with Crippen LogP contribution in [-0.4, -0.2) is 12.1 Å². The molecule has 0 bridgehead atoms. The first-order chi connectivity index (χ1) is 13.8. The number of carbonyl (C=O) groups is 1. The van der Waals surface area contributed by atoms with Crippen LogP contribution in [-0.2, 0) is 16.0 Å². The molecule has 0 N–H and O–H groups in total. The van der Waals surface area contributed by atoms with E-state index in [2.05, 4.69) is 37.9 Å². The van der Waals surface area contributed by atoms with E-state index in [-0.39, 0.29) is 23.2 Å². The van der Waals surface area contributed by atoms with Gasteiger partial charge in [-0.2, -0.15) is 5.26 Å². The Morgan fingerprint density at radius 1 is 1.17 bits per heavy atom. The van der Waals surface area contributed by atoms with Crippen molar-refractivity contribution in [3.63, 3.8) is 0 Å². The van der Waals surface area contributed by atoms with Crippen molar-refractivity contribution in [2.75, 3.05) is 0 Å². The summed E-state index contributed by atoms with van der Waals surface area (Å²) in [4.78, 5) is 12.6. The second-order valence-electron chi connectivity index (χ2n) is 7.60. The van der Waals surface area contributed by atoms with E-state index in [0.29, 0.717) is 12.2 Å². The van der Waals surface area contributed by atoms with Crippen molar-refractivity contribution in [2.24, 2.45) is 17.3 Å². The maximum atomic E-state index is 12.6. The molecule has 1 fully saturated rings. The minimum Gasteiger partial charge on any atom is -0.457 e. The van der Waals surface area contributed by atoms with Gasteiger partial charge >= 0.3 is 5.97 Å². The highest BCUT2D eigenvalue weighted by Crippen LogP contribution is 2.60.